The number of fused-ring (bicyclic) bond motifs is 2. The van der Waals surface area contributed by atoms with E-state index in [4.69, 9.17) is 9.57 Å². The average Bonchev–Trinajstić information content (AvgIpc) is 2.27. The van der Waals surface area contributed by atoms with Crippen LogP contribution in [0.3, 0.4) is 0 Å². The minimum atomic E-state index is -0.503. The minimum absolute atomic E-state index is 0.0776. The van der Waals surface area contributed by atoms with Crippen molar-refractivity contribution in [3.63, 3.8) is 0 Å². The van der Waals surface area contributed by atoms with Crippen LogP contribution in [-0.2, 0) is 19.2 Å². The molecule has 5 nitrogen and oxygen atoms in total. The summed E-state index contributed by atoms with van der Waals surface area (Å²) >= 11 is 0. The molecule has 2 bridgehead atoms. The van der Waals surface area contributed by atoms with Gasteiger partial charge in [0.25, 0.3) is 0 Å². The number of ether oxygens (including phenoxy) is 1. The van der Waals surface area contributed by atoms with Gasteiger partial charge in [-0.25, -0.2) is 0 Å². The molecule has 5 heteroatoms. The predicted octanol–water partition coefficient (Wildman–Crippen LogP) is 1.80. The molecule has 0 aromatic heterocycles. The summed E-state index contributed by atoms with van der Waals surface area (Å²) in [5, 5.41) is 1.72. The number of hydrogen-bond acceptors (Lipinski definition) is 5. The van der Waals surface area contributed by atoms with Gasteiger partial charge in [0.1, 0.15) is 6.10 Å². The molecule has 0 amide bonds. The van der Waals surface area contributed by atoms with E-state index in [1.807, 2.05) is 27.7 Å². The number of rotatable bonds is 0. The van der Waals surface area contributed by atoms with Crippen LogP contribution in [-0.4, -0.2) is 34.2 Å². The summed E-state index contributed by atoms with van der Waals surface area (Å²) in [5.41, 5.74) is -0.746. The van der Waals surface area contributed by atoms with Gasteiger partial charge in [0, 0.05) is 0 Å². The van der Waals surface area contributed by atoms with E-state index in [1.165, 1.54) is 0 Å². The van der Waals surface area contributed by atoms with Gasteiger partial charge in [0.05, 0.1) is 23.9 Å². The van der Waals surface area contributed by atoms with Gasteiger partial charge >= 0.3 is 11.9 Å². The van der Waals surface area contributed by atoms with Gasteiger partial charge in [0.15, 0.2) is 0 Å². The van der Waals surface area contributed by atoms with Crippen LogP contribution >= 0.6 is 0 Å². The topological polar surface area (TPSA) is 55.8 Å². The fraction of sp³-hybridized carbons (Fsp3) is 0.846. The van der Waals surface area contributed by atoms with Crippen LogP contribution in [0.4, 0.5) is 0 Å². The lowest BCUT2D eigenvalue weighted by Gasteiger charge is -2.52. The van der Waals surface area contributed by atoms with E-state index >= 15 is 0 Å². The molecule has 0 N–H and O–H groups in total. The van der Waals surface area contributed by atoms with Gasteiger partial charge in [-0.2, -0.15) is 0 Å². The molecule has 0 saturated carbocycles. The van der Waals surface area contributed by atoms with Crippen molar-refractivity contribution in [2.75, 3.05) is 0 Å². The molecule has 0 spiro atoms. The van der Waals surface area contributed by atoms with Crippen molar-refractivity contribution in [1.29, 1.82) is 0 Å². The molecule has 0 aromatic rings. The molecule has 0 aromatic carbocycles. The number of nitrogens with zero attached hydrogens (tertiary/aromatic N) is 1. The Balaban J connectivity index is 2.37. The molecule has 2 aliphatic heterocycles. The summed E-state index contributed by atoms with van der Waals surface area (Å²) in [6.07, 6.45) is 1.55. The Labute approximate surface area is 107 Å². The zero-order chi connectivity index (χ0) is 13.6. The molecular weight excluding hydrogens is 234 g/mol. The minimum Gasteiger partial charge on any atom is -0.460 e. The van der Waals surface area contributed by atoms with E-state index in [1.54, 1.807) is 5.06 Å². The first-order valence-corrected chi connectivity index (χ1v) is 6.44. The highest BCUT2D eigenvalue weighted by atomic mass is 16.7. The third kappa shape index (κ3) is 2.23. The van der Waals surface area contributed by atoms with E-state index in [0.717, 1.165) is 12.8 Å². The van der Waals surface area contributed by atoms with E-state index in [2.05, 4.69) is 0 Å². The van der Waals surface area contributed by atoms with Gasteiger partial charge in [-0.15, -0.1) is 5.06 Å². The Bertz CT molecular complexity index is 375. The van der Waals surface area contributed by atoms with Crippen LogP contribution < -0.4 is 0 Å². The fourth-order valence-electron chi connectivity index (χ4n) is 2.86. The Morgan fingerprint density at radius 3 is 2.39 bits per heavy atom. The van der Waals surface area contributed by atoms with Crippen molar-refractivity contribution in [1.82, 2.24) is 5.06 Å². The van der Waals surface area contributed by atoms with Gasteiger partial charge in [-0.05, 0) is 40.5 Å². The molecule has 2 saturated heterocycles. The van der Waals surface area contributed by atoms with Crippen molar-refractivity contribution in [2.45, 2.75) is 70.6 Å². The van der Waals surface area contributed by atoms with Crippen LogP contribution in [0.5, 0.6) is 0 Å². The number of esters is 1. The lowest BCUT2D eigenvalue weighted by molar-refractivity contribution is -0.284. The largest absolute Gasteiger partial charge is 0.460 e. The maximum absolute atomic E-state index is 11.7. The number of carbonyl (C=O) groups is 2. The van der Waals surface area contributed by atoms with E-state index in [-0.39, 0.29) is 36.4 Å². The highest BCUT2D eigenvalue weighted by Crippen LogP contribution is 2.40. The normalized spacial score (nSPS) is 34.7. The summed E-state index contributed by atoms with van der Waals surface area (Å²) in [6.45, 7) is 7.98. The maximum atomic E-state index is 11.7. The lowest BCUT2D eigenvalue weighted by Crippen LogP contribution is -2.65. The number of carbonyl (C=O) groups excluding carboxylic acids is 2. The standard InChI is InChI=1S/C13H21NO4/c1-12(2)8-7-9-13(3,4)14(12)18-11(16)6-5-10(15)17-9/h9H,5-8H2,1-4H3. The second-order valence-electron chi connectivity index (χ2n) is 6.24. The third-order valence-corrected chi connectivity index (χ3v) is 3.88. The highest BCUT2D eigenvalue weighted by Gasteiger charge is 2.52. The smallest absolute Gasteiger partial charge is 0.325 e. The molecule has 2 rings (SSSR count). The van der Waals surface area contributed by atoms with Gasteiger partial charge in [0.2, 0.25) is 0 Å². The summed E-state index contributed by atoms with van der Waals surface area (Å²) in [5.74, 6) is -0.678. The number of piperidine rings is 1. The van der Waals surface area contributed by atoms with Crippen LogP contribution in [0.1, 0.15) is 53.4 Å². The molecule has 102 valence electrons. The monoisotopic (exact) mass is 255 g/mol. The first-order chi connectivity index (χ1) is 8.23. The second-order valence-corrected chi connectivity index (χ2v) is 6.24. The molecule has 2 heterocycles. The molecule has 2 unspecified atom stereocenters. The Kier molecular flexibility index (Phi) is 3.13. The Morgan fingerprint density at radius 2 is 1.72 bits per heavy atom. The van der Waals surface area contributed by atoms with Crippen molar-refractivity contribution >= 4 is 11.9 Å². The van der Waals surface area contributed by atoms with Crippen LogP contribution in [0, 0.1) is 0 Å². The van der Waals surface area contributed by atoms with Gasteiger partial charge in [-0.1, -0.05) is 0 Å². The highest BCUT2D eigenvalue weighted by molar-refractivity contribution is 5.78. The summed E-state index contributed by atoms with van der Waals surface area (Å²) in [7, 11) is 0. The van der Waals surface area contributed by atoms with Crippen molar-refractivity contribution in [3.8, 4) is 0 Å². The van der Waals surface area contributed by atoms with E-state index in [9.17, 15) is 9.59 Å². The zero-order valence-corrected chi connectivity index (χ0v) is 11.5. The summed E-state index contributed by atoms with van der Waals surface area (Å²) < 4.78 is 5.49. The van der Waals surface area contributed by atoms with Crippen LogP contribution in [0.15, 0.2) is 0 Å². The zero-order valence-electron chi connectivity index (χ0n) is 11.5. The second kappa shape index (κ2) is 4.23. The van der Waals surface area contributed by atoms with Gasteiger partial charge < -0.3 is 9.57 Å². The Hall–Kier alpha value is -1.10. The lowest BCUT2D eigenvalue weighted by atomic mass is 9.80. The first kappa shape index (κ1) is 13.3. The average molecular weight is 255 g/mol. The molecular formula is C13H21NO4. The van der Waals surface area contributed by atoms with Gasteiger partial charge in [-0.3, -0.25) is 9.59 Å². The molecule has 18 heavy (non-hydrogen) atoms. The SMILES string of the molecule is CC1(C)CCC2OC(=O)CCC(=O)ON1C2(C)C. The molecule has 2 atom stereocenters. The van der Waals surface area contributed by atoms with Crippen molar-refractivity contribution < 1.29 is 19.2 Å². The van der Waals surface area contributed by atoms with E-state index in [0.29, 0.717) is 0 Å². The Morgan fingerprint density at radius 1 is 1.11 bits per heavy atom. The fourth-order valence-corrected chi connectivity index (χ4v) is 2.86. The molecule has 2 fully saturated rings. The quantitative estimate of drug-likeness (QED) is 0.618. The van der Waals surface area contributed by atoms with Crippen molar-refractivity contribution in [3.05, 3.63) is 0 Å². The molecule has 0 radical (unpaired) electrons. The molecule has 2 aliphatic rings. The molecule has 0 aliphatic carbocycles. The summed E-state index contributed by atoms with van der Waals surface area (Å²) in [6, 6.07) is 0. The number of hydrogen-bond donors (Lipinski definition) is 0. The first-order valence-electron chi connectivity index (χ1n) is 6.44. The number of hydroxylamine groups is 2. The third-order valence-electron chi connectivity index (χ3n) is 3.88. The van der Waals surface area contributed by atoms with Crippen molar-refractivity contribution in [2.24, 2.45) is 0 Å². The maximum Gasteiger partial charge on any atom is 0.325 e. The van der Waals surface area contributed by atoms with E-state index < -0.39 is 5.54 Å². The predicted molar refractivity (Wildman–Crippen MR) is 64.4 cm³/mol. The van der Waals surface area contributed by atoms with Crippen LogP contribution in [0.2, 0.25) is 0 Å². The summed E-state index contributed by atoms with van der Waals surface area (Å²) in [4.78, 5) is 28.9. The van der Waals surface area contributed by atoms with Crippen LogP contribution in [0.25, 0.3) is 0 Å².